The third kappa shape index (κ3) is 4.44. The van der Waals surface area contributed by atoms with E-state index in [1.165, 1.54) is 18.4 Å². The molecule has 2 N–H and O–H groups in total. The highest BCUT2D eigenvalue weighted by atomic mass is 35.5. The second-order valence-corrected chi connectivity index (χ2v) is 6.15. The minimum Gasteiger partial charge on any atom is -0.467 e. The van der Waals surface area contributed by atoms with E-state index in [1.54, 1.807) is 0 Å². The number of hydrogen-bond donors (Lipinski definition) is 2. The summed E-state index contributed by atoms with van der Waals surface area (Å²) < 4.78 is 5.87. The maximum atomic E-state index is 5.96. The number of ether oxygens (including phenoxy) is 1. The molecular weight excluding hydrogens is 310 g/mol. The van der Waals surface area contributed by atoms with Gasteiger partial charge in [-0.2, -0.15) is 15.0 Å². The molecule has 21 heavy (non-hydrogen) atoms. The van der Waals surface area contributed by atoms with Crippen LogP contribution in [0.25, 0.3) is 0 Å². The van der Waals surface area contributed by atoms with Crippen molar-refractivity contribution >= 4 is 34.8 Å². The summed E-state index contributed by atoms with van der Waals surface area (Å²) in [5.41, 5.74) is 0. The van der Waals surface area contributed by atoms with E-state index in [4.69, 9.17) is 16.3 Å². The summed E-state index contributed by atoms with van der Waals surface area (Å²) in [4.78, 5) is 13.8. The van der Waals surface area contributed by atoms with Crippen LogP contribution in [-0.4, -0.2) is 28.6 Å². The minimum absolute atomic E-state index is 0.0497. The van der Waals surface area contributed by atoms with Gasteiger partial charge in [-0.3, -0.25) is 0 Å². The number of methoxy groups -OCH3 is 1. The Morgan fingerprint density at radius 1 is 1.29 bits per heavy atom. The molecule has 0 saturated heterocycles. The van der Waals surface area contributed by atoms with Gasteiger partial charge in [0.2, 0.25) is 11.9 Å². The molecule has 8 heteroatoms. The molecule has 0 aliphatic heterocycles. The van der Waals surface area contributed by atoms with Crippen LogP contribution in [0, 0.1) is 0 Å². The first-order valence-corrected chi connectivity index (χ1v) is 7.87. The van der Waals surface area contributed by atoms with Crippen LogP contribution in [0.5, 0.6) is 6.01 Å². The third-order valence-electron chi connectivity index (χ3n) is 2.70. The zero-order valence-corrected chi connectivity index (χ0v) is 13.8. The van der Waals surface area contributed by atoms with Crippen molar-refractivity contribution in [3.8, 4) is 6.01 Å². The smallest absolute Gasteiger partial charge is 0.322 e. The lowest BCUT2D eigenvalue weighted by atomic mass is 10.3. The Labute approximate surface area is 132 Å². The predicted molar refractivity (Wildman–Crippen MR) is 86.5 cm³/mol. The van der Waals surface area contributed by atoms with Gasteiger partial charge in [-0.25, -0.2) is 0 Å². The average molecular weight is 328 g/mol. The van der Waals surface area contributed by atoms with Crippen molar-refractivity contribution in [1.82, 2.24) is 15.0 Å². The maximum Gasteiger partial charge on any atom is 0.322 e. The van der Waals surface area contributed by atoms with Gasteiger partial charge in [0.15, 0.2) is 0 Å². The normalized spacial score (nSPS) is 12.0. The summed E-state index contributed by atoms with van der Waals surface area (Å²) in [6, 6.07) is 4.19. The lowest BCUT2D eigenvalue weighted by molar-refractivity contribution is 0.379. The van der Waals surface area contributed by atoms with E-state index in [0.717, 1.165) is 22.2 Å². The van der Waals surface area contributed by atoms with E-state index >= 15 is 0 Å². The predicted octanol–water partition coefficient (Wildman–Crippen LogP) is 3.59. The Morgan fingerprint density at radius 3 is 2.67 bits per heavy atom. The number of hydrogen-bond acceptors (Lipinski definition) is 7. The van der Waals surface area contributed by atoms with Crippen molar-refractivity contribution in [2.24, 2.45) is 0 Å². The summed E-state index contributed by atoms with van der Waals surface area (Å²) in [6.45, 7) is 4.90. The lowest BCUT2D eigenvalue weighted by Gasteiger charge is -2.13. The van der Waals surface area contributed by atoms with Crippen molar-refractivity contribution in [2.75, 3.05) is 24.3 Å². The van der Waals surface area contributed by atoms with Crippen LogP contribution in [0.2, 0.25) is 4.34 Å². The molecule has 1 unspecified atom stereocenters. The van der Waals surface area contributed by atoms with Crippen molar-refractivity contribution < 1.29 is 4.74 Å². The molecule has 1 atom stereocenters. The monoisotopic (exact) mass is 327 g/mol. The van der Waals surface area contributed by atoms with Crippen LogP contribution in [0.3, 0.4) is 0 Å². The van der Waals surface area contributed by atoms with Gasteiger partial charge in [0.1, 0.15) is 0 Å². The summed E-state index contributed by atoms with van der Waals surface area (Å²) in [7, 11) is 1.53. The second-order valence-electron chi connectivity index (χ2n) is 4.40. The number of rotatable bonds is 7. The third-order valence-corrected chi connectivity index (χ3v) is 4.11. The SMILES string of the molecule is CCCNc1nc(NC(C)c2ccc(Cl)s2)nc(OC)n1. The first-order chi connectivity index (χ1) is 10.1. The van der Waals surface area contributed by atoms with Gasteiger partial charge in [-0.1, -0.05) is 18.5 Å². The number of anilines is 2. The standard InChI is InChI=1S/C13H18ClN5OS/c1-4-7-15-11-17-12(19-13(18-11)20-3)16-8(2)9-5-6-10(14)21-9/h5-6,8H,4,7H2,1-3H3,(H2,15,16,17,18,19). The fourth-order valence-electron chi connectivity index (χ4n) is 1.65. The van der Waals surface area contributed by atoms with Crippen LogP contribution < -0.4 is 15.4 Å². The molecule has 0 fully saturated rings. The first-order valence-electron chi connectivity index (χ1n) is 6.68. The Hall–Kier alpha value is -1.60. The van der Waals surface area contributed by atoms with Gasteiger partial charge >= 0.3 is 6.01 Å². The fourth-order valence-corrected chi connectivity index (χ4v) is 2.72. The topological polar surface area (TPSA) is 72.0 Å². The zero-order valence-electron chi connectivity index (χ0n) is 12.2. The first kappa shape index (κ1) is 15.8. The molecule has 0 aliphatic carbocycles. The van der Waals surface area contributed by atoms with E-state index in [0.29, 0.717) is 11.9 Å². The maximum absolute atomic E-state index is 5.96. The molecule has 2 rings (SSSR count). The number of aromatic nitrogens is 3. The highest BCUT2D eigenvalue weighted by Gasteiger charge is 2.12. The van der Waals surface area contributed by atoms with Crippen molar-refractivity contribution in [2.45, 2.75) is 26.3 Å². The van der Waals surface area contributed by atoms with E-state index < -0.39 is 0 Å². The highest BCUT2D eigenvalue weighted by Crippen LogP contribution is 2.28. The van der Waals surface area contributed by atoms with Crippen LogP contribution in [0.1, 0.15) is 31.2 Å². The molecule has 0 aliphatic rings. The molecule has 0 bridgehead atoms. The van der Waals surface area contributed by atoms with Gasteiger partial charge in [0, 0.05) is 11.4 Å². The Kier molecular flexibility index (Phi) is 5.58. The number of nitrogens with one attached hydrogen (secondary N) is 2. The summed E-state index contributed by atoms with van der Waals surface area (Å²) >= 11 is 7.49. The Bertz CT molecular complexity index is 592. The van der Waals surface area contributed by atoms with Crippen molar-refractivity contribution in [3.63, 3.8) is 0 Å². The Balaban J connectivity index is 2.14. The molecule has 0 aromatic carbocycles. The summed E-state index contributed by atoms with van der Waals surface area (Å²) in [5, 5.41) is 6.36. The van der Waals surface area contributed by atoms with E-state index in [9.17, 15) is 0 Å². The number of thiophene rings is 1. The number of halogens is 1. The van der Waals surface area contributed by atoms with Crippen LogP contribution in [0.4, 0.5) is 11.9 Å². The summed E-state index contributed by atoms with van der Waals surface area (Å²) in [5.74, 6) is 0.972. The van der Waals surface area contributed by atoms with Crippen LogP contribution in [0.15, 0.2) is 12.1 Å². The van der Waals surface area contributed by atoms with Gasteiger partial charge in [0.05, 0.1) is 17.5 Å². The lowest BCUT2D eigenvalue weighted by Crippen LogP contribution is -2.12. The van der Waals surface area contributed by atoms with E-state index in [-0.39, 0.29) is 12.1 Å². The molecule has 0 saturated carbocycles. The van der Waals surface area contributed by atoms with E-state index in [2.05, 4.69) is 32.5 Å². The highest BCUT2D eigenvalue weighted by molar-refractivity contribution is 7.16. The average Bonchev–Trinajstić information content (AvgIpc) is 2.91. The molecule has 0 radical (unpaired) electrons. The quantitative estimate of drug-likeness (QED) is 0.809. The van der Waals surface area contributed by atoms with Gasteiger partial charge < -0.3 is 15.4 Å². The number of nitrogens with zero attached hydrogens (tertiary/aromatic N) is 3. The molecule has 2 aromatic rings. The van der Waals surface area contributed by atoms with Gasteiger partial charge in [-0.15, -0.1) is 11.3 Å². The van der Waals surface area contributed by atoms with Crippen LogP contribution >= 0.6 is 22.9 Å². The molecule has 6 nitrogen and oxygen atoms in total. The molecule has 2 aromatic heterocycles. The van der Waals surface area contributed by atoms with Crippen molar-refractivity contribution in [1.29, 1.82) is 0 Å². The fraction of sp³-hybridized carbons (Fsp3) is 0.462. The summed E-state index contributed by atoms with van der Waals surface area (Å²) in [6.07, 6.45) is 0.987. The van der Waals surface area contributed by atoms with Gasteiger partial charge in [0.25, 0.3) is 0 Å². The molecular formula is C13H18ClN5OS. The second kappa shape index (κ2) is 7.42. The molecule has 114 valence electrons. The molecule has 0 amide bonds. The molecule has 2 heterocycles. The van der Waals surface area contributed by atoms with Gasteiger partial charge in [-0.05, 0) is 25.5 Å². The Morgan fingerprint density at radius 2 is 2.05 bits per heavy atom. The van der Waals surface area contributed by atoms with E-state index in [1.807, 2.05) is 19.1 Å². The molecule has 0 spiro atoms. The zero-order chi connectivity index (χ0) is 15.2. The minimum atomic E-state index is 0.0497. The largest absolute Gasteiger partial charge is 0.467 e. The van der Waals surface area contributed by atoms with Crippen LogP contribution in [-0.2, 0) is 0 Å². The van der Waals surface area contributed by atoms with Crippen molar-refractivity contribution in [3.05, 3.63) is 21.3 Å².